The highest BCUT2D eigenvalue weighted by Crippen LogP contribution is 2.07. The normalized spacial score (nSPS) is 11.4. The molecule has 0 atom stereocenters. The van der Waals surface area contributed by atoms with Crippen LogP contribution in [0.3, 0.4) is 0 Å². The minimum Gasteiger partial charge on any atom is -0.460 e. The van der Waals surface area contributed by atoms with Gasteiger partial charge in [-0.15, -0.1) is 0 Å². The van der Waals surface area contributed by atoms with Gasteiger partial charge in [-0.05, 0) is 26.3 Å². The van der Waals surface area contributed by atoms with Gasteiger partial charge >= 0.3 is 5.97 Å². The molecule has 0 fully saturated rings. The summed E-state index contributed by atoms with van der Waals surface area (Å²) in [6.07, 6.45) is 0.236. The van der Waals surface area contributed by atoms with Crippen LogP contribution in [0.25, 0.3) is 10.4 Å². The SMILES string of the molecule is CC(C)(C)OC(=O)CCOCCOCCOCCOCCNCCOCCOCCOCCN=[N+]=[N-]. The molecule has 0 aromatic carbocycles. The first-order valence-corrected chi connectivity index (χ1v) is 12.4. The van der Waals surface area contributed by atoms with Crippen LogP contribution in [0.4, 0.5) is 0 Å². The zero-order chi connectivity index (χ0) is 26.6. The Hall–Kier alpha value is -1.54. The van der Waals surface area contributed by atoms with E-state index in [1.165, 1.54) is 0 Å². The lowest BCUT2D eigenvalue weighted by Crippen LogP contribution is -2.25. The lowest BCUT2D eigenvalue weighted by molar-refractivity contribution is -0.156. The van der Waals surface area contributed by atoms with E-state index in [1.807, 2.05) is 20.8 Å². The van der Waals surface area contributed by atoms with E-state index in [1.54, 1.807) is 0 Å². The molecule has 0 aliphatic carbocycles. The number of carbonyl (C=O) groups excluding carboxylic acids is 1. The molecule has 0 rings (SSSR count). The second kappa shape index (κ2) is 26.5. The minimum absolute atomic E-state index is 0.236. The molecule has 1 N–H and O–H groups in total. The van der Waals surface area contributed by atoms with Gasteiger partial charge in [-0.25, -0.2) is 0 Å². The van der Waals surface area contributed by atoms with E-state index in [4.69, 9.17) is 43.4 Å². The molecule has 0 radical (unpaired) electrons. The highest BCUT2D eigenvalue weighted by atomic mass is 16.6. The maximum Gasteiger partial charge on any atom is 0.308 e. The number of rotatable bonds is 27. The van der Waals surface area contributed by atoms with Crippen molar-refractivity contribution in [2.75, 3.05) is 112 Å². The first-order valence-electron chi connectivity index (χ1n) is 12.4. The molecule has 0 amide bonds. The summed E-state index contributed by atoms with van der Waals surface area (Å²) in [5.74, 6) is -0.262. The van der Waals surface area contributed by atoms with Gasteiger partial charge in [0, 0.05) is 24.5 Å². The van der Waals surface area contributed by atoms with Crippen molar-refractivity contribution in [2.24, 2.45) is 5.11 Å². The van der Waals surface area contributed by atoms with E-state index in [0.29, 0.717) is 99.0 Å². The lowest BCUT2D eigenvalue weighted by Gasteiger charge is -2.19. The fourth-order valence-electron chi connectivity index (χ4n) is 2.42. The number of ether oxygens (including phenoxy) is 8. The molecule has 36 heavy (non-hydrogen) atoms. The molecule has 0 aliphatic heterocycles. The first kappa shape index (κ1) is 34.5. The summed E-state index contributed by atoms with van der Waals surface area (Å²) < 4.78 is 42.9. The summed E-state index contributed by atoms with van der Waals surface area (Å²) in [5.41, 5.74) is 7.65. The van der Waals surface area contributed by atoms with Crippen LogP contribution in [-0.2, 0) is 42.7 Å². The maximum absolute atomic E-state index is 11.5. The van der Waals surface area contributed by atoms with Gasteiger partial charge in [-0.2, -0.15) is 0 Å². The molecular weight excluding hydrogens is 476 g/mol. The van der Waals surface area contributed by atoms with Gasteiger partial charge in [-0.1, -0.05) is 5.11 Å². The number of nitrogens with one attached hydrogen (secondary N) is 1. The molecule has 0 aliphatic rings. The van der Waals surface area contributed by atoms with Crippen LogP contribution in [0.15, 0.2) is 5.11 Å². The fraction of sp³-hybridized carbons (Fsp3) is 0.957. The Balaban J connectivity index is 3.11. The number of nitrogens with zero attached hydrogens (tertiary/aromatic N) is 3. The average molecular weight is 523 g/mol. The van der Waals surface area contributed by atoms with Crippen molar-refractivity contribution < 1.29 is 42.7 Å². The Labute approximate surface area is 215 Å². The number of hydrogen-bond donors (Lipinski definition) is 1. The Morgan fingerprint density at radius 1 is 0.667 bits per heavy atom. The Morgan fingerprint density at radius 3 is 1.47 bits per heavy atom. The van der Waals surface area contributed by atoms with Crippen molar-refractivity contribution in [3.05, 3.63) is 10.4 Å². The molecule has 0 unspecified atom stereocenters. The number of hydrogen-bond acceptors (Lipinski definition) is 11. The summed E-state index contributed by atoms with van der Waals surface area (Å²) in [7, 11) is 0. The third kappa shape index (κ3) is 30.5. The van der Waals surface area contributed by atoms with Crippen LogP contribution >= 0.6 is 0 Å². The molecule has 0 bridgehead atoms. The second-order valence-electron chi connectivity index (χ2n) is 8.33. The van der Waals surface area contributed by atoms with E-state index in [-0.39, 0.29) is 12.4 Å². The third-order valence-corrected chi connectivity index (χ3v) is 3.98. The van der Waals surface area contributed by atoms with Crippen molar-refractivity contribution in [3.8, 4) is 0 Å². The van der Waals surface area contributed by atoms with Gasteiger partial charge in [-0.3, -0.25) is 4.79 Å². The molecule has 0 spiro atoms. The Kier molecular flexibility index (Phi) is 25.4. The van der Waals surface area contributed by atoms with Crippen molar-refractivity contribution >= 4 is 5.97 Å². The summed E-state index contributed by atoms with van der Waals surface area (Å²) in [6, 6.07) is 0. The second-order valence-corrected chi connectivity index (χ2v) is 8.33. The molecule has 13 heteroatoms. The van der Waals surface area contributed by atoms with E-state index >= 15 is 0 Å². The topological polar surface area (TPSA) is 152 Å². The van der Waals surface area contributed by atoms with Gasteiger partial charge in [0.05, 0.1) is 98.9 Å². The minimum atomic E-state index is -0.468. The zero-order valence-corrected chi connectivity index (χ0v) is 22.2. The van der Waals surface area contributed by atoms with E-state index < -0.39 is 5.60 Å². The number of azide groups is 1. The molecule has 13 nitrogen and oxygen atoms in total. The molecule has 0 saturated heterocycles. The fourth-order valence-corrected chi connectivity index (χ4v) is 2.42. The van der Waals surface area contributed by atoms with Gasteiger partial charge < -0.3 is 43.2 Å². The molecule has 0 aromatic heterocycles. The van der Waals surface area contributed by atoms with Crippen LogP contribution in [0.1, 0.15) is 27.2 Å². The van der Waals surface area contributed by atoms with Crippen molar-refractivity contribution in [2.45, 2.75) is 32.8 Å². The van der Waals surface area contributed by atoms with Crippen LogP contribution in [0.2, 0.25) is 0 Å². The van der Waals surface area contributed by atoms with Crippen molar-refractivity contribution in [3.63, 3.8) is 0 Å². The van der Waals surface area contributed by atoms with Gasteiger partial charge in [0.1, 0.15) is 5.60 Å². The van der Waals surface area contributed by atoms with Crippen molar-refractivity contribution in [1.82, 2.24) is 5.32 Å². The lowest BCUT2D eigenvalue weighted by atomic mass is 10.2. The third-order valence-electron chi connectivity index (χ3n) is 3.98. The van der Waals surface area contributed by atoms with E-state index in [0.717, 1.165) is 13.1 Å². The monoisotopic (exact) mass is 522 g/mol. The predicted molar refractivity (Wildman–Crippen MR) is 133 cm³/mol. The largest absolute Gasteiger partial charge is 0.460 e. The molecule has 212 valence electrons. The summed E-state index contributed by atoms with van der Waals surface area (Å²) in [5, 5.41) is 6.60. The van der Waals surface area contributed by atoms with Crippen LogP contribution in [0.5, 0.6) is 0 Å². The summed E-state index contributed by atoms with van der Waals surface area (Å²) >= 11 is 0. The molecule has 0 saturated carbocycles. The molecule has 0 aromatic rings. The summed E-state index contributed by atoms with van der Waals surface area (Å²) in [6.45, 7) is 14.1. The van der Waals surface area contributed by atoms with Gasteiger partial charge in [0.2, 0.25) is 0 Å². The van der Waals surface area contributed by atoms with Crippen LogP contribution in [0, 0.1) is 0 Å². The van der Waals surface area contributed by atoms with Crippen LogP contribution < -0.4 is 5.32 Å². The zero-order valence-electron chi connectivity index (χ0n) is 22.2. The predicted octanol–water partition coefficient (Wildman–Crippen LogP) is 1.73. The standard InChI is InChI=1S/C23H46N4O9/c1-23(2,3)36-22(28)4-8-29-12-16-33-20-21-35-18-14-31-10-6-25-5-9-30-13-17-34-19-15-32-11-7-26-27-24/h25H,4-21H2,1-3H3. The van der Waals surface area contributed by atoms with E-state index in [9.17, 15) is 4.79 Å². The Bertz CT molecular complexity index is 544. The quantitative estimate of drug-likeness (QED) is 0.0555. The highest BCUT2D eigenvalue weighted by molar-refractivity contribution is 5.69. The Morgan fingerprint density at radius 2 is 1.06 bits per heavy atom. The number of carbonyl (C=O) groups is 1. The van der Waals surface area contributed by atoms with Gasteiger partial charge in [0.25, 0.3) is 0 Å². The average Bonchev–Trinajstić information content (AvgIpc) is 2.82. The number of esters is 1. The van der Waals surface area contributed by atoms with Crippen molar-refractivity contribution in [1.29, 1.82) is 0 Å². The maximum atomic E-state index is 11.5. The summed E-state index contributed by atoms with van der Waals surface area (Å²) in [4.78, 5) is 14.2. The molecular formula is C23H46N4O9. The van der Waals surface area contributed by atoms with E-state index in [2.05, 4.69) is 15.3 Å². The first-order chi connectivity index (χ1) is 17.5. The van der Waals surface area contributed by atoms with Gasteiger partial charge in [0.15, 0.2) is 0 Å². The smallest absolute Gasteiger partial charge is 0.308 e. The molecule has 0 heterocycles. The highest BCUT2D eigenvalue weighted by Gasteiger charge is 2.15. The van der Waals surface area contributed by atoms with Crippen LogP contribution in [-0.4, -0.2) is 124 Å².